The monoisotopic (exact) mass is 384 g/mol. The van der Waals surface area contributed by atoms with Crippen LogP contribution >= 0.6 is 0 Å². The maximum atomic E-state index is 12.3. The van der Waals surface area contributed by atoms with Gasteiger partial charge in [0.1, 0.15) is 11.4 Å². The van der Waals surface area contributed by atoms with E-state index in [0.29, 0.717) is 5.56 Å². The van der Waals surface area contributed by atoms with Crippen molar-refractivity contribution in [1.82, 2.24) is 20.4 Å². The number of carbonyl (C=O) groups is 2. The maximum absolute atomic E-state index is 12.3. The number of aliphatic hydroxyl groups excluding tert-OH is 1. The summed E-state index contributed by atoms with van der Waals surface area (Å²) in [7, 11) is 0. The summed E-state index contributed by atoms with van der Waals surface area (Å²) in [6.45, 7) is 0.0726. The number of nitrogens with zero attached hydrogens (tertiary/aromatic N) is 2. The molecule has 3 N–H and O–H groups in total. The number of β-amino-alcohol motifs (C(OH)–C–C–N with tert-alkyl or cyclic N) is 1. The first-order valence-electron chi connectivity index (χ1n) is 7.88. The Hall–Kier alpha value is -3.08. The molecule has 27 heavy (non-hydrogen) atoms. The summed E-state index contributed by atoms with van der Waals surface area (Å²) in [4.78, 5) is 24.1. The molecule has 11 heteroatoms. The number of nitrogens with one attached hydrogen (secondary N) is 2. The topological polar surface area (TPSA) is 105 Å². The second-order valence-electron chi connectivity index (χ2n) is 5.84. The Morgan fingerprint density at radius 2 is 2.19 bits per heavy atom. The molecule has 0 fully saturated rings. The van der Waals surface area contributed by atoms with Crippen LogP contribution in [0.25, 0.3) is 0 Å². The molecule has 2 amide bonds. The van der Waals surface area contributed by atoms with E-state index in [1.165, 1.54) is 22.9 Å². The molecule has 1 unspecified atom stereocenters. The molecule has 1 aliphatic heterocycles. The summed E-state index contributed by atoms with van der Waals surface area (Å²) in [6.07, 6.45) is -5.64. The average molecular weight is 384 g/mol. The van der Waals surface area contributed by atoms with Crippen molar-refractivity contribution in [1.29, 1.82) is 0 Å². The van der Waals surface area contributed by atoms with Crippen LogP contribution in [0.5, 0.6) is 5.75 Å². The average Bonchev–Trinajstić information content (AvgIpc) is 2.95. The first-order chi connectivity index (χ1) is 12.7. The minimum atomic E-state index is -4.80. The predicted molar refractivity (Wildman–Crippen MR) is 84.9 cm³/mol. The molecule has 0 bridgehead atoms. The maximum Gasteiger partial charge on any atom is 0.573 e. The second-order valence-corrected chi connectivity index (χ2v) is 5.84. The van der Waals surface area contributed by atoms with E-state index in [9.17, 15) is 27.9 Å². The van der Waals surface area contributed by atoms with Crippen molar-refractivity contribution < 1.29 is 32.6 Å². The second kappa shape index (κ2) is 7.27. The summed E-state index contributed by atoms with van der Waals surface area (Å²) in [6, 6.07) is 6.48. The number of alkyl halides is 3. The number of hydrogen-bond donors (Lipinski definition) is 3. The zero-order valence-corrected chi connectivity index (χ0v) is 13.8. The Labute approximate surface area is 150 Å². The molecule has 2 aromatic rings. The Kier molecular flexibility index (Phi) is 5.04. The molecular formula is C16H15F3N4O4. The number of aromatic nitrogens is 2. The highest BCUT2D eigenvalue weighted by Gasteiger charge is 2.31. The van der Waals surface area contributed by atoms with E-state index in [2.05, 4.69) is 20.5 Å². The Morgan fingerprint density at radius 3 is 2.93 bits per heavy atom. The molecular weight excluding hydrogens is 369 g/mol. The molecule has 1 atom stereocenters. The van der Waals surface area contributed by atoms with E-state index >= 15 is 0 Å². The van der Waals surface area contributed by atoms with Gasteiger partial charge in [-0.3, -0.25) is 14.3 Å². The van der Waals surface area contributed by atoms with Crippen LogP contribution in [0.1, 0.15) is 26.5 Å². The number of ether oxygens (including phenoxy) is 1. The lowest BCUT2D eigenvalue weighted by Gasteiger charge is -2.10. The normalized spacial score (nSPS) is 16.9. The van der Waals surface area contributed by atoms with Crippen molar-refractivity contribution >= 4 is 11.8 Å². The molecule has 0 spiro atoms. The van der Waals surface area contributed by atoms with Crippen LogP contribution in [-0.4, -0.2) is 45.7 Å². The molecule has 1 aromatic carbocycles. The van der Waals surface area contributed by atoms with Crippen LogP contribution in [0.3, 0.4) is 0 Å². The summed E-state index contributed by atoms with van der Waals surface area (Å²) < 4.78 is 41.8. The summed E-state index contributed by atoms with van der Waals surface area (Å²) >= 11 is 0. The standard InChI is InChI=1S/C16H15F3N4O4/c17-16(18,19)27-11-3-1-2-9(4-11)6-20-14(25)12-5-13-15(26)21-7-10(24)8-23(13)22-12/h1-5,10,24H,6-8H2,(H,20,25)(H,21,26). The van der Waals surface area contributed by atoms with E-state index < -0.39 is 30.0 Å². The minimum Gasteiger partial charge on any atom is -0.406 e. The molecule has 1 aliphatic rings. The van der Waals surface area contributed by atoms with Crippen LogP contribution in [0.4, 0.5) is 13.2 Å². The minimum absolute atomic E-state index is 0.0445. The number of carbonyl (C=O) groups excluding carboxylic acids is 2. The molecule has 8 nitrogen and oxygen atoms in total. The molecule has 0 saturated carbocycles. The SMILES string of the molecule is O=C(NCc1cccc(OC(F)(F)F)c1)c1cc2n(n1)CC(O)CNC2=O. The van der Waals surface area contributed by atoms with Crippen molar-refractivity contribution in [2.75, 3.05) is 6.54 Å². The first-order valence-corrected chi connectivity index (χ1v) is 7.88. The highest BCUT2D eigenvalue weighted by Crippen LogP contribution is 2.23. The number of rotatable bonds is 4. The van der Waals surface area contributed by atoms with Crippen molar-refractivity contribution in [3.63, 3.8) is 0 Å². The first kappa shape index (κ1) is 18.7. The van der Waals surface area contributed by atoms with E-state index in [-0.39, 0.29) is 31.0 Å². The van der Waals surface area contributed by atoms with Gasteiger partial charge < -0.3 is 20.5 Å². The molecule has 0 saturated heterocycles. The van der Waals surface area contributed by atoms with Crippen molar-refractivity contribution in [2.45, 2.75) is 25.6 Å². The summed E-state index contributed by atoms with van der Waals surface area (Å²) in [5, 5.41) is 18.7. The fourth-order valence-electron chi connectivity index (χ4n) is 2.54. The zero-order chi connectivity index (χ0) is 19.6. The van der Waals surface area contributed by atoms with Gasteiger partial charge in [-0.15, -0.1) is 13.2 Å². The van der Waals surface area contributed by atoms with Gasteiger partial charge in [-0.2, -0.15) is 5.10 Å². The molecule has 144 valence electrons. The smallest absolute Gasteiger partial charge is 0.406 e. The van der Waals surface area contributed by atoms with Gasteiger partial charge in [0, 0.05) is 19.2 Å². The Balaban J connectivity index is 1.67. The number of halogens is 3. The highest BCUT2D eigenvalue weighted by atomic mass is 19.4. The van der Waals surface area contributed by atoms with Gasteiger partial charge in [0.2, 0.25) is 0 Å². The van der Waals surface area contributed by atoms with Gasteiger partial charge in [-0.05, 0) is 17.7 Å². The molecule has 2 heterocycles. The third kappa shape index (κ3) is 4.76. The lowest BCUT2D eigenvalue weighted by Crippen LogP contribution is -2.30. The van der Waals surface area contributed by atoms with Gasteiger partial charge in [-0.25, -0.2) is 0 Å². The molecule has 0 aliphatic carbocycles. The van der Waals surface area contributed by atoms with Crippen LogP contribution in [0, 0.1) is 0 Å². The lowest BCUT2D eigenvalue weighted by molar-refractivity contribution is -0.274. The van der Waals surface area contributed by atoms with E-state index in [0.717, 1.165) is 12.1 Å². The molecule has 1 aromatic heterocycles. The van der Waals surface area contributed by atoms with Gasteiger partial charge in [0.05, 0.1) is 12.6 Å². The molecule has 3 rings (SSSR count). The number of benzene rings is 1. The van der Waals surface area contributed by atoms with Crippen LogP contribution in [0.15, 0.2) is 30.3 Å². The third-order valence-electron chi connectivity index (χ3n) is 3.71. The van der Waals surface area contributed by atoms with Gasteiger partial charge in [0.25, 0.3) is 11.8 Å². The van der Waals surface area contributed by atoms with Crippen molar-refractivity contribution in [3.8, 4) is 5.75 Å². The number of fused-ring (bicyclic) bond motifs is 1. The van der Waals surface area contributed by atoms with Crippen LogP contribution < -0.4 is 15.4 Å². The molecule has 0 radical (unpaired) electrons. The summed E-state index contributed by atoms with van der Waals surface area (Å²) in [5.41, 5.74) is 0.480. The third-order valence-corrected chi connectivity index (χ3v) is 3.71. The Bertz CT molecular complexity index is 866. The van der Waals surface area contributed by atoms with Crippen molar-refractivity contribution in [2.24, 2.45) is 0 Å². The van der Waals surface area contributed by atoms with Gasteiger partial charge in [-0.1, -0.05) is 12.1 Å². The van der Waals surface area contributed by atoms with Crippen LogP contribution in [-0.2, 0) is 13.1 Å². The predicted octanol–water partition coefficient (Wildman–Crippen LogP) is 0.816. The van der Waals surface area contributed by atoms with E-state index in [1.807, 2.05) is 0 Å². The number of aliphatic hydroxyl groups is 1. The Morgan fingerprint density at radius 1 is 1.41 bits per heavy atom. The quantitative estimate of drug-likeness (QED) is 0.724. The highest BCUT2D eigenvalue weighted by molar-refractivity contribution is 5.98. The summed E-state index contributed by atoms with van der Waals surface area (Å²) in [5.74, 6) is -1.47. The number of amides is 2. The van der Waals surface area contributed by atoms with Crippen LogP contribution in [0.2, 0.25) is 0 Å². The van der Waals surface area contributed by atoms with Crippen molar-refractivity contribution in [3.05, 3.63) is 47.3 Å². The largest absolute Gasteiger partial charge is 0.573 e. The van der Waals surface area contributed by atoms with Gasteiger partial charge in [0.15, 0.2) is 5.69 Å². The lowest BCUT2D eigenvalue weighted by atomic mass is 10.2. The van der Waals surface area contributed by atoms with E-state index in [4.69, 9.17) is 0 Å². The fraction of sp³-hybridized carbons (Fsp3) is 0.312. The fourth-order valence-corrected chi connectivity index (χ4v) is 2.54. The van der Waals surface area contributed by atoms with Gasteiger partial charge >= 0.3 is 6.36 Å². The van der Waals surface area contributed by atoms with E-state index in [1.54, 1.807) is 0 Å². The zero-order valence-electron chi connectivity index (χ0n) is 13.8. The number of hydrogen-bond acceptors (Lipinski definition) is 5.